The van der Waals surface area contributed by atoms with Crippen LogP contribution in [-0.2, 0) is 61.2 Å². The van der Waals surface area contributed by atoms with Gasteiger partial charge in [0.2, 0.25) is 0 Å². The number of esters is 3. The Balaban J connectivity index is 1.77. The number of phosphoric acid groups is 1. The molecule has 18 atom stereocenters. The molecule has 2 saturated heterocycles. The summed E-state index contributed by atoms with van der Waals surface area (Å²) in [5.41, 5.74) is 0. The fourth-order valence-electron chi connectivity index (χ4n) is 12.1. The lowest BCUT2D eigenvalue weighted by atomic mass is 9.84. The summed E-state index contributed by atoms with van der Waals surface area (Å²) in [6.45, 7) is 3.32. The molecule has 0 bridgehead atoms. The number of phosphoric ester groups is 1. The van der Waals surface area contributed by atoms with E-state index < -0.39 is 156 Å². The highest BCUT2D eigenvalue weighted by molar-refractivity contribution is 7.47. The molecule has 1 saturated carbocycles. The molecule has 2 heterocycles. The zero-order valence-corrected chi connectivity index (χ0v) is 58.6. The van der Waals surface area contributed by atoms with Gasteiger partial charge < -0.3 is 89.1 Å². The summed E-state index contributed by atoms with van der Waals surface area (Å²) >= 11 is 0. The van der Waals surface area contributed by atoms with Gasteiger partial charge >= 0.3 is 25.7 Å². The smallest absolute Gasteiger partial charge is 0.463 e. The fraction of sp³-hybridized carbons (Fsp3) is 0.900. The van der Waals surface area contributed by atoms with Gasteiger partial charge in [-0.15, -0.1) is 0 Å². The number of hydrogen-bond donors (Lipinski definition) is 11. The molecule has 0 aromatic carbocycles. The van der Waals surface area contributed by atoms with E-state index in [-0.39, 0.29) is 12.8 Å². The third-order valence-corrected chi connectivity index (χ3v) is 19.1. The van der Waals surface area contributed by atoms with Gasteiger partial charge in [-0.3, -0.25) is 18.6 Å². The highest BCUT2D eigenvalue weighted by atomic mass is 31.2. The number of carbonyl (C=O) groups excluding carboxylic acids is 3. The van der Waals surface area contributed by atoms with Crippen LogP contribution in [0.15, 0.2) is 24.3 Å². The third kappa shape index (κ3) is 36.1. The topological polar surface area (TPSA) is 374 Å². The van der Waals surface area contributed by atoms with Gasteiger partial charge in [0, 0.05) is 18.9 Å². The van der Waals surface area contributed by atoms with E-state index in [1.54, 1.807) is 6.08 Å². The molecule has 0 aromatic heterocycles. The first-order chi connectivity index (χ1) is 45.8. The Bertz CT molecular complexity index is 2070. The van der Waals surface area contributed by atoms with E-state index in [9.17, 15) is 74.9 Å². The Kier molecular flexibility index (Phi) is 47.8. The predicted octanol–water partition coefficient (Wildman–Crippen LogP) is 9.35. The molecule has 3 rings (SSSR count). The van der Waals surface area contributed by atoms with Crippen LogP contribution in [0.5, 0.6) is 0 Å². The number of unbranched alkanes of at least 4 members (excludes halogenated alkanes) is 34. The molecular formula is C70H127O24P. The van der Waals surface area contributed by atoms with Crippen LogP contribution in [0.3, 0.4) is 0 Å². The molecule has 0 radical (unpaired) electrons. The van der Waals surface area contributed by atoms with E-state index >= 15 is 0 Å². The van der Waals surface area contributed by atoms with Crippen LogP contribution in [0, 0.1) is 0 Å². The van der Waals surface area contributed by atoms with Crippen LogP contribution in [0.25, 0.3) is 0 Å². The van der Waals surface area contributed by atoms with Gasteiger partial charge in [0.25, 0.3) is 0 Å². The van der Waals surface area contributed by atoms with Gasteiger partial charge in [-0.05, 0) is 25.7 Å². The molecular weight excluding hydrogens is 1260 g/mol. The fourth-order valence-corrected chi connectivity index (χ4v) is 13.0. The van der Waals surface area contributed by atoms with Crippen LogP contribution in [0.4, 0.5) is 0 Å². The molecule has 556 valence electrons. The van der Waals surface area contributed by atoms with Crippen molar-refractivity contribution in [2.24, 2.45) is 0 Å². The van der Waals surface area contributed by atoms with Crippen molar-refractivity contribution in [3.05, 3.63) is 24.3 Å². The number of hydrogen-bond acceptors (Lipinski definition) is 23. The molecule has 18 unspecified atom stereocenters. The summed E-state index contributed by atoms with van der Waals surface area (Å²) in [4.78, 5) is 50.8. The summed E-state index contributed by atoms with van der Waals surface area (Å²) in [6, 6.07) is 0. The summed E-state index contributed by atoms with van der Waals surface area (Å²) in [5.74, 6) is -2.24. The van der Waals surface area contributed by atoms with Crippen molar-refractivity contribution in [1.82, 2.24) is 0 Å². The molecule has 0 amide bonds. The van der Waals surface area contributed by atoms with Crippen molar-refractivity contribution >= 4 is 25.7 Å². The van der Waals surface area contributed by atoms with E-state index in [1.165, 1.54) is 141 Å². The molecule has 95 heavy (non-hydrogen) atoms. The average molecular weight is 1380 g/mol. The molecule has 11 N–H and O–H groups in total. The quantitative estimate of drug-likeness (QED) is 0.00674. The standard InChI is InChI=1S/C70H127O24P/c1-4-7-10-13-16-19-22-25-26-28-31-34-37-40-43-46-56(74)89-51(48-86-54(72)44-41-38-35-33-30-27-23-20-17-14-11-8-5-2)49-88-95(84,85)94-68-66(92-69-64(82)59(77)57(75)52(47-71)90-69)62(80)61(79)63(81)67(68)93-70-65(83)60(78)58(76)53(91-70)50-87-55(73)45-42-39-36-32-29-24-21-18-15-12-9-6-3/h37,40,43,46,51-53,57-71,75-83H,4-36,38-39,41-42,44-45,47-50H2,1-3H3,(H,84,85)/b40-37+,46-43+. The lowest BCUT2D eigenvalue weighted by molar-refractivity contribution is -0.360. The Labute approximate surface area is 566 Å². The Morgan fingerprint density at radius 2 is 0.800 bits per heavy atom. The van der Waals surface area contributed by atoms with Crippen LogP contribution in [0.1, 0.15) is 271 Å². The Morgan fingerprint density at radius 3 is 1.22 bits per heavy atom. The number of carbonyl (C=O) groups is 3. The van der Waals surface area contributed by atoms with E-state index in [0.29, 0.717) is 12.8 Å². The van der Waals surface area contributed by atoms with Gasteiger partial charge in [0.1, 0.15) is 98.7 Å². The first kappa shape index (κ1) is 86.7. The van der Waals surface area contributed by atoms with Gasteiger partial charge in [-0.2, -0.15) is 0 Å². The minimum absolute atomic E-state index is 0.0278. The van der Waals surface area contributed by atoms with Gasteiger partial charge in [-0.1, -0.05) is 251 Å². The molecule has 0 spiro atoms. The normalized spacial score (nSPS) is 28.2. The maximum atomic E-state index is 14.3. The minimum Gasteiger partial charge on any atom is -0.463 e. The van der Waals surface area contributed by atoms with Crippen molar-refractivity contribution in [3.63, 3.8) is 0 Å². The van der Waals surface area contributed by atoms with Crippen LogP contribution >= 0.6 is 7.82 Å². The zero-order chi connectivity index (χ0) is 69.6. The highest BCUT2D eigenvalue weighted by Gasteiger charge is 2.58. The number of aliphatic hydroxyl groups is 10. The molecule has 25 heteroatoms. The van der Waals surface area contributed by atoms with Crippen molar-refractivity contribution in [1.29, 1.82) is 0 Å². The molecule has 2 aliphatic heterocycles. The maximum absolute atomic E-state index is 14.3. The van der Waals surface area contributed by atoms with Crippen molar-refractivity contribution < 1.29 is 117 Å². The van der Waals surface area contributed by atoms with Crippen molar-refractivity contribution in [3.8, 4) is 0 Å². The third-order valence-electron chi connectivity index (χ3n) is 18.1. The van der Waals surface area contributed by atoms with Crippen LogP contribution < -0.4 is 0 Å². The molecule has 3 aliphatic rings. The van der Waals surface area contributed by atoms with E-state index in [4.69, 9.17) is 42.2 Å². The van der Waals surface area contributed by atoms with Gasteiger partial charge in [-0.25, -0.2) is 9.36 Å². The number of aliphatic hydroxyl groups excluding tert-OH is 10. The number of ether oxygens (including phenoxy) is 7. The van der Waals surface area contributed by atoms with E-state index in [0.717, 1.165) is 96.0 Å². The second-order valence-corrected chi connectivity index (χ2v) is 27.8. The van der Waals surface area contributed by atoms with Crippen LogP contribution in [-0.4, -0.2) is 204 Å². The first-order valence-electron chi connectivity index (χ1n) is 36.7. The molecule has 3 fully saturated rings. The monoisotopic (exact) mass is 1380 g/mol. The maximum Gasteiger partial charge on any atom is 0.472 e. The number of allylic oxidation sites excluding steroid dienone is 3. The second-order valence-electron chi connectivity index (χ2n) is 26.4. The van der Waals surface area contributed by atoms with Crippen molar-refractivity contribution in [2.45, 2.75) is 375 Å². The lowest BCUT2D eigenvalue weighted by Gasteiger charge is -2.49. The lowest BCUT2D eigenvalue weighted by Crippen LogP contribution is -2.69. The highest BCUT2D eigenvalue weighted by Crippen LogP contribution is 2.49. The Morgan fingerprint density at radius 1 is 0.432 bits per heavy atom. The largest absolute Gasteiger partial charge is 0.472 e. The van der Waals surface area contributed by atoms with E-state index in [1.807, 2.05) is 6.08 Å². The summed E-state index contributed by atoms with van der Waals surface area (Å²) in [6.07, 6.45) is 11.9. The molecule has 24 nitrogen and oxygen atoms in total. The first-order valence-corrected chi connectivity index (χ1v) is 38.2. The number of rotatable bonds is 56. The SMILES string of the molecule is CCCCCCCCCCCCC/C=C/C=C/C(=O)OC(COC(=O)CCCCCCCCCCCCCCC)COP(=O)(O)OC1C(OC2OC(CO)C(O)C(O)C2O)C(O)C(O)C(O)C1OC1OC(COC(=O)CCCCCCCCCCCCCC)C(O)C(O)C1O. The molecule has 0 aromatic rings. The predicted molar refractivity (Wildman–Crippen MR) is 356 cm³/mol. The summed E-state index contributed by atoms with van der Waals surface area (Å²) in [5, 5.41) is 110. The zero-order valence-electron chi connectivity index (χ0n) is 57.7. The van der Waals surface area contributed by atoms with Gasteiger partial charge in [0.15, 0.2) is 18.7 Å². The summed E-state index contributed by atoms with van der Waals surface area (Å²) in [7, 11) is -5.72. The van der Waals surface area contributed by atoms with Crippen molar-refractivity contribution in [2.75, 3.05) is 26.4 Å². The second kappa shape index (κ2) is 52.4. The Hall–Kier alpha value is -2.56. The molecule has 1 aliphatic carbocycles. The van der Waals surface area contributed by atoms with Crippen LogP contribution in [0.2, 0.25) is 0 Å². The average Bonchev–Trinajstić information content (AvgIpc) is 0.764. The van der Waals surface area contributed by atoms with Gasteiger partial charge in [0.05, 0.1) is 13.2 Å². The van der Waals surface area contributed by atoms with E-state index in [2.05, 4.69) is 20.8 Å². The summed E-state index contributed by atoms with van der Waals surface area (Å²) < 4.78 is 64.7. The minimum atomic E-state index is -5.72.